The summed E-state index contributed by atoms with van der Waals surface area (Å²) in [7, 11) is 1.40. The second kappa shape index (κ2) is 13.7. The zero-order valence-electron chi connectivity index (χ0n) is 11.1. The van der Waals surface area contributed by atoms with E-state index in [0.29, 0.717) is 6.42 Å². The van der Waals surface area contributed by atoms with Crippen molar-refractivity contribution in [2.45, 2.75) is 47.1 Å². The highest BCUT2D eigenvalue weighted by Gasteiger charge is 1.98. The van der Waals surface area contributed by atoms with E-state index in [1.165, 1.54) is 7.11 Å². The molecule has 0 unspecified atom stereocenters. The van der Waals surface area contributed by atoms with Crippen LogP contribution in [0.25, 0.3) is 0 Å². The normalized spacial score (nSPS) is 8.06. The Hall–Kier alpha value is -1.32. The number of methoxy groups -OCH3 is 1. The molecule has 0 aliphatic rings. The van der Waals surface area contributed by atoms with Crippen molar-refractivity contribution < 1.29 is 9.53 Å². The first-order chi connectivity index (χ1) is 7.83. The fourth-order valence-electron chi connectivity index (χ4n) is 0.927. The van der Waals surface area contributed by atoms with Crippen LogP contribution in [0.4, 0.5) is 0 Å². The maximum Gasteiger partial charge on any atom is 0.305 e. The molecule has 0 spiro atoms. The lowest BCUT2D eigenvalue weighted by atomic mass is 10.3. The lowest BCUT2D eigenvalue weighted by Crippen LogP contribution is -2.02. The number of hydrogen-bond donors (Lipinski definition) is 0. The van der Waals surface area contributed by atoms with Gasteiger partial charge in [0.2, 0.25) is 0 Å². The first-order valence-corrected chi connectivity index (χ1v) is 5.85. The topological polar surface area (TPSA) is 44.1 Å². The highest BCUT2D eigenvalue weighted by Crippen LogP contribution is 1.96. The Kier molecular flexibility index (Phi) is 14.6. The first kappa shape index (κ1) is 17.1. The van der Waals surface area contributed by atoms with E-state index in [0.717, 1.165) is 13.0 Å². The fourth-order valence-corrected chi connectivity index (χ4v) is 0.927. The summed E-state index contributed by atoms with van der Waals surface area (Å²) in [5, 5.41) is 0. The Morgan fingerprint density at radius 1 is 1.31 bits per heavy atom. The molecule has 0 N–H and O–H groups in total. The highest BCUT2D eigenvalue weighted by molar-refractivity contribution is 5.68. The molecule has 4 heteroatoms. The molecule has 0 aliphatic heterocycles. The predicted octanol–water partition coefficient (Wildman–Crippen LogP) is 2.89. The van der Waals surface area contributed by atoms with E-state index in [-0.39, 0.29) is 5.97 Å². The molecule has 0 amide bonds. The highest BCUT2D eigenvalue weighted by atomic mass is 16.5. The van der Waals surface area contributed by atoms with E-state index in [1.807, 2.05) is 38.5 Å². The molecule has 1 rings (SSSR count). The van der Waals surface area contributed by atoms with Gasteiger partial charge in [0.1, 0.15) is 0 Å². The number of aromatic nitrogens is 2. The molecule has 0 fully saturated rings. The number of ether oxygens (including phenoxy) is 1. The zero-order valence-corrected chi connectivity index (χ0v) is 11.1. The zero-order chi connectivity index (χ0) is 12.8. The summed E-state index contributed by atoms with van der Waals surface area (Å²) < 4.78 is 6.44. The van der Waals surface area contributed by atoms with Crippen LogP contribution in [0.2, 0.25) is 0 Å². The van der Waals surface area contributed by atoms with Crippen LogP contribution in [0, 0.1) is 0 Å². The summed E-state index contributed by atoms with van der Waals surface area (Å²) in [6.07, 6.45) is 6.59. The molecule has 0 bridgehead atoms. The Balaban J connectivity index is 0. The van der Waals surface area contributed by atoms with Gasteiger partial charge in [-0.3, -0.25) is 4.79 Å². The van der Waals surface area contributed by atoms with Gasteiger partial charge < -0.3 is 9.30 Å². The monoisotopic (exact) mass is 228 g/mol. The fraction of sp³-hybridized carbons (Fsp3) is 0.667. The second-order valence-corrected chi connectivity index (χ2v) is 2.48. The van der Waals surface area contributed by atoms with Gasteiger partial charge in [-0.25, -0.2) is 4.98 Å². The van der Waals surface area contributed by atoms with Gasteiger partial charge in [-0.05, 0) is 6.42 Å². The van der Waals surface area contributed by atoms with Crippen molar-refractivity contribution in [3.63, 3.8) is 0 Å². The van der Waals surface area contributed by atoms with Gasteiger partial charge in [-0.15, -0.1) is 0 Å². The molecule has 1 aromatic heterocycles. The van der Waals surface area contributed by atoms with E-state index in [4.69, 9.17) is 0 Å². The van der Waals surface area contributed by atoms with E-state index in [2.05, 4.69) is 9.72 Å². The van der Waals surface area contributed by atoms with Gasteiger partial charge in [-0.2, -0.15) is 0 Å². The second-order valence-electron chi connectivity index (χ2n) is 2.48. The number of aryl methyl sites for hydroxylation is 1. The van der Waals surface area contributed by atoms with Crippen LogP contribution in [0.15, 0.2) is 18.7 Å². The minimum absolute atomic E-state index is 0.157. The van der Waals surface area contributed by atoms with Crippen molar-refractivity contribution in [2.75, 3.05) is 7.11 Å². The molecule has 0 atom stereocenters. The smallest absolute Gasteiger partial charge is 0.305 e. The standard InChI is InChI=1S/C8H12N2O2.2C2H6/c1-12-8(11)3-2-5-10-6-4-9-7-10;2*1-2/h4,6-7H,2-3,5H2,1H3;2*1-2H3. The Bertz CT molecular complexity index is 233. The number of esters is 1. The van der Waals surface area contributed by atoms with Crippen LogP contribution in [0.1, 0.15) is 40.5 Å². The average molecular weight is 228 g/mol. The summed E-state index contributed by atoms with van der Waals surface area (Å²) in [6, 6.07) is 0. The van der Waals surface area contributed by atoms with Crippen LogP contribution >= 0.6 is 0 Å². The van der Waals surface area contributed by atoms with E-state index >= 15 is 0 Å². The third-order valence-electron chi connectivity index (χ3n) is 1.58. The van der Waals surface area contributed by atoms with Crippen molar-refractivity contribution in [1.82, 2.24) is 9.55 Å². The SMILES string of the molecule is CC.CC.COC(=O)CCCn1ccnc1. The summed E-state index contributed by atoms with van der Waals surface area (Å²) >= 11 is 0. The van der Waals surface area contributed by atoms with Crippen molar-refractivity contribution >= 4 is 5.97 Å². The summed E-state index contributed by atoms with van der Waals surface area (Å²) in [5.74, 6) is -0.157. The summed E-state index contributed by atoms with van der Waals surface area (Å²) in [6.45, 7) is 8.81. The van der Waals surface area contributed by atoms with Crippen molar-refractivity contribution in [1.29, 1.82) is 0 Å². The van der Waals surface area contributed by atoms with Crippen LogP contribution < -0.4 is 0 Å². The van der Waals surface area contributed by atoms with Gasteiger partial charge in [0.05, 0.1) is 13.4 Å². The van der Waals surface area contributed by atoms with Crippen LogP contribution in [0.3, 0.4) is 0 Å². The van der Waals surface area contributed by atoms with Gasteiger partial charge >= 0.3 is 5.97 Å². The van der Waals surface area contributed by atoms with Gasteiger partial charge in [-0.1, -0.05) is 27.7 Å². The number of carbonyl (C=O) groups is 1. The number of imidazole rings is 1. The third-order valence-corrected chi connectivity index (χ3v) is 1.58. The number of carbonyl (C=O) groups excluding carboxylic acids is 1. The lowest BCUT2D eigenvalue weighted by molar-refractivity contribution is -0.140. The van der Waals surface area contributed by atoms with Crippen LogP contribution in [-0.2, 0) is 16.1 Å². The largest absolute Gasteiger partial charge is 0.469 e. The van der Waals surface area contributed by atoms with Crippen molar-refractivity contribution in [3.05, 3.63) is 18.7 Å². The minimum atomic E-state index is -0.157. The third kappa shape index (κ3) is 9.24. The Morgan fingerprint density at radius 2 is 1.94 bits per heavy atom. The molecule has 16 heavy (non-hydrogen) atoms. The molecule has 94 valence electrons. The summed E-state index contributed by atoms with van der Waals surface area (Å²) in [5.41, 5.74) is 0. The summed E-state index contributed by atoms with van der Waals surface area (Å²) in [4.78, 5) is 14.6. The van der Waals surface area contributed by atoms with Crippen LogP contribution in [-0.4, -0.2) is 22.6 Å². The van der Waals surface area contributed by atoms with Gasteiger partial charge in [0.25, 0.3) is 0 Å². The molecule has 0 aromatic carbocycles. The number of nitrogens with zero attached hydrogens (tertiary/aromatic N) is 2. The maximum atomic E-state index is 10.7. The van der Waals surface area contributed by atoms with E-state index in [9.17, 15) is 4.79 Å². The predicted molar refractivity (Wildman–Crippen MR) is 66.2 cm³/mol. The molecule has 0 radical (unpaired) electrons. The average Bonchev–Trinajstić information content (AvgIpc) is 2.87. The van der Waals surface area contributed by atoms with E-state index in [1.54, 1.807) is 12.5 Å². The molecule has 0 saturated heterocycles. The molecule has 4 nitrogen and oxygen atoms in total. The number of hydrogen-bond acceptors (Lipinski definition) is 3. The molecular formula is C12H24N2O2. The molecular weight excluding hydrogens is 204 g/mol. The number of rotatable bonds is 4. The molecule has 0 saturated carbocycles. The van der Waals surface area contributed by atoms with Gasteiger partial charge in [0, 0.05) is 25.4 Å². The molecule has 0 aliphatic carbocycles. The van der Waals surface area contributed by atoms with Crippen LogP contribution in [0.5, 0.6) is 0 Å². The maximum absolute atomic E-state index is 10.7. The van der Waals surface area contributed by atoms with Crippen molar-refractivity contribution in [3.8, 4) is 0 Å². The Morgan fingerprint density at radius 3 is 2.38 bits per heavy atom. The quantitative estimate of drug-likeness (QED) is 0.744. The van der Waals surface area contributed by atoms with Gasteiger partial charge in [0.15, 0.2) is 0 Å². The molecule has 1 aromatic rings. The Labute approximate surface area is 98.6 Å². The molecule has 1 heterocycles. The first-order valence-electron chi connectivity index (χ1n) is 5.85. The van der Waals surface area contributed by atoms with Crippen molar-refractivity contribution in [2.24, 2.45) is 0 Å². The van der Waals surface area contributed by atoms with E-state index < -0.39 is 0 Å². The minimum Gasteiger partial charge on any atom is -0.469 e. The lowest BCUT2D eigenvalue weighted by Gasteiger charge is -2.00.